The standard InChI is InChI=1S/C16H22ClNO/c17-13-5-3-4-12(10-13)16(11-18-14-8-9-14)19-15-6-1-2-7-15/h3-5,10,14-16,18H,1-2,6-9,11H2. The predicted molar refractivity (Wildman–Crippen MR) is 78.6 cm³/mol. The molecule has 3 heteroatoms. The molecule has 0 amide bonds. The van der Waals surface area contributed by atoms with Crippen molar-refractivity contribution in [3.8, 4) is 0 Å². The van der Waals surface area contributed by atoms with Gasteiger partial charge in [-0.05, 0) is 43.4 Å². The molecule has 0 bridgehead atoms. The second kappa shape index (κ2) is 6.25. The van der Waals surface area contributed by atoms with Crippen LogP contribution in [0.3, 0.4) is 0 Å². The van der Waals surface area contributed by atoms with Gasteiger partial charge in [-0.25, -0.2) is 0 Å². The van der Waals surface area contributed by atoms with Crippen LogP contribution < -0.4 is 5.32 Å². The predicted octanol–water partition coefficient (Wildman–Crippen LogP) is 4.09. The fourth-order valence-electron chi connectivity index (χ4n) is 2.77. The fourth-order valence-corrected chi connectivity index (χ4v) is 2.97. The van der Waals surface area contributed by atoms with E-state index in [0.717, 1.165) is 11.6 Å². The topological polar surface area (TPSA) is 21.3 Å². The average Bonchev–Trinajstić information content (AvgIpc) is 3.10. The largest absolute Gasteiger partial charge is 0.369 e. The van der Waals surface area contributed by atoms with E-state index >= 15 is 0 Å². The maximum atomic E-state index is 6.31. The molecule has 1 aromatic rings. The molecule has 1 aromatic carbocycles. The quantitative estimate of drug-likeness (QED) is 0.847. The van der Waals surface area contributed by atoms with Crippen molar-refractivity contribution >= 4 is 11.6 Å². The molecule has 104 valence electrons. The molecular formula is C16H22ClNO. The number of nitrogens with one attached hydrogen (secondary N) is 1. The zero-order valence-electron chi connectivity index (χ0n) is 11.3. The monoisotopic (exact) mass is 279 g/mol. The Morgan fingerprint density at radius 3 is 2.68 bits per heavy atom. The maximum absolute atomic E-state index is 6.31. The van der Waals surface area contributed by atoms with Gasteiger partial charge >= 0.3 is 0 Å². The van der Waals surface area contributed by atoms with Crippen molar-refractivity contribution in [1.29, 1.82) is 0 Å². The number of halogens is 1. The van der Waals surface area contributed by atoms with Crippen LogP contribution in [0.4, 0.5) is 0 Å². The van der Waals surface area contributed by atoms with Gasteiger partial charge in [-0.3, -0.25) is 0 Å². The first kappa shape index (κ1) is 13.4. The Hall–Kier alpha value is -0.570. The number of hydrogen-bond acceptors (Lipinski definition) is 2. The van der Waals surface area contributed by atoms with Crippen LogP contribution >= 0.6 is 11.6 Å². The molecule has 1 unspecified atom stereocenters. The number of ether oxygens (including phenoxy) is 1. The van der Waals surface area contributed by atoms with E-state index in [1.54, 1.807) is 0 Å². The van der Waals surface area contributed by atoms with Crippen LogP contribution in [0.25, 0.3) is 0 Å². The van der Waals surface area contributed by atoms with Crippen LogP contribution in [-0.4, -0.2) is 18.7 Å². The molecule has 3 rings (SSSR count). The minimum Gasteiger partial charge on any atom is -0.369 e. The zero-order valence-corrected chi connectivity index (χ0v) is 12.0. The summed E-state index contributed by atoms with van der Waals surface area (Å²) in [6.45, 7) is 0.904. The van der Waals surface area contributed by atoms with E-state index in [1.165, 1.54) is 44.1 Å². The second-order valence-electron chi connectivity index (χ2n) is 5.77. The Morgan fingerprint density at radius 2 is 2.00 bits per heavy atom. The average molecular weight is 280 g/mol. The first-order valence-corrected chi connectivity index (χ1v) is 7.83. The van der Waals surface area contributed by atoms with E-state index in [2.05, 4.69) is 11.4 Å². The lowest BCUT2D eigenvalue weighted by Crippen LogP contribution is -2.27. The molecule has 2 nitrogen and oxygen atoms in total. The van der Waals surface area contributed by atoms with Gasteiger partial charge in [0, 0.05) is 17.6 Å². The van der Waals surface area contributed by atoms with Gasteiger partial charge in [0.25, 0.3) is 0 Å². The summed E-state index contributed by atoms with van der Waals surface area (Å²) in [5, 5.41) is 4.38. The highest BCUT2D eigenvalue weighted by atomic mass is 35.5. The summed E-state index contributed by atoms with van der Waals surface area (Å²) in [4.78, 5) is 0. The molecule has 0 aromatic heterocycles. The first-order valence-electron chi connectivity index (χ1n) is 7.45. The van der Waals surface area contributed by atoms with Crippen molar-refractivity contribution in [3.63, 3.8) is 0 Å². The first-order chi connectivity index (χ1) is 9.31. The molecule has 0 spiro atoms. The molecule has 0 radical (unpaired) electrons. The maximum Gasteiger partial charge on any atom is 0.0953 e. The van der Waals surface area contributed by atoms with Gasteiger partial charge < -0.3 is 10.1 Å². The Bertz CT molecular complexity index is 413. The van der Waals surface area contributed by atoms with Gasteiger partial charge in [-0.2, -0.15) is 0 Å². The van der Waals surface area contributed by atoms with Gasteiger partial charge in [-0.15, -0.1) is 0 Å². The lowest BCUT2D eigenvalue weighted by molar-refractivity contribution is -0.00892. The Labute approximate surface area is 120 Å². The number of rotatable bonds is 6. The molecule has 0 heterocycles. The second-order valence-corrected chi connectivity index (χ2v) is 6.21. The van der Waals surface area contributed by atoms with Gasteiger partial charge in [0.1, 0.15) is 0 Å². The molecule has 2 fully saturated rings. The third kappa shape index (κ3) is 3.95. The third-order valence-corrected chi connectivity index (χ3v) is 4.28. The summed E-state index contributed by atoms with van der Waals surface area (Å²) >= 11 is 6.10. The van der Waals surface area contributed by atoms with E-state index in [0.29, 0.717) is 12.1 Å². The zero-order chi connectivity index (χ0) is 13.1. The van der Waals surface area contributed by atoms with E-state index in [4.69, 9.17) is 16.3 Å². The lowest BCUT2D eigenvalue weighted by Gasteiger charge is -2.23. The van der Waals surface area contributed by atoms with Crippen molar-refractivity contribution in [3.05, 3.63) is 34.9 Å². The summed E-state index contributed by atoms with van der Waals surface area (Å²) in [5.41, 5.74) is 1.20. The van der Waals surface area contributed by atoms with Crippen LogP contribution in [0.1, 0.15) is 50.2 Å². The van der Waals surface area contributed by atoms with Crippen molar-refractivity contribution < 1.29 is 4.74 Å². The molecule has 2 saturated carbocycles. The molecular weight excluding hydrogens is 258 g/mol. The third-order valence-electron chi connectivity index (χ3n) is 4.05. The highest BCUT2D eigenvalue weighted by Crippen LogP contribution is 2.29. The van der Waals surface area contributed by atoms with E-state index in [1.807, 2.05) is 18.2 Å². The number of hydrogen-bond donors (Lipinski definition) is 1. The number of benzene rings is 1. The molecule has 0 saturated heterocycles. The van der Waals surface area contributed by atoms with Gasteiger partial charge in [0.2, 0.25) is 0 Å². The fraction of sp³-hybridized carbons (Fsp3) is 0.625. The van der Waals surface area contributed by atoms with Crippen LogP contribution in [0.2, 0.25) is 5.02 Å². The van der Waals surface area contributed by atoms with E-state index in [9.17, 15) is 0 Å². The molecule has 1 atom stereocenters. The summed E-state index contributed by atoms with van der Waals surface area (Å²) in [6, 6.07) is 8.82. The SMILES string of the molecule is Clc1cccc(C(CNC2CC2)OC2CCCC2)c1. The minimum atomic E-state index is 0.141. The van der Waals surface area contributed by atoms with Crippen LogP contribution in [-0.2, 0) is 4.74 Å². The van der Waals surface area contributed by atoms with Crippen molar-refractivity contribution in [2.24, 2.45) is 0 Å². The van der Waals surface area contributed by atoms with Crippen LogP contribution in [0.15, 0.2) is 24.3 Å². The lowest BCUT2D eigenvalue weighted by atomic mass is 10.1. The van der Waals surface area contributed by atoms with Crippen molar-refractivity contribution in [1.82, 2.24) is 5.32 Å². The highest BCUT2D eigenvalue weighted by Gasteiger charge is 2.25. The highest BCUT2D eigenvalue weighted by molar-refractivity contribution is 6.30. The molecule has 2 aliphatic carbocycles. The normalized spacial score (nSPS) is 21.7. The van der Waals surface area contributed by atoms with Gasteiger partial charge in [0.15, 0.2) is 0 Å². The summed E-state index contributed by atoms with van der Waals surface area (Å²) in [6.07, 6.45) is 8.23. The molecule has 19 heavy (non-hydrogen) atoms. The van der Waals surface area contributed by atoms with Gasteiger partial charge in [-0.1, -0.05) is 36.6 Å². The van der Waals surface area contributed by atoms with Crippen LogP contribution in [0.5, 0.6) is 0 Å². The smallest absolute Gasteiger partial charge is 0.0953 e. The molecule has 0 aliphatic heterocycles. The van der Waals surface area contributed by atoms with E-state index < -0.39 is 0 Å². The minimum absolute atomic E-state index is 0.141. The summed E-state index contributed by atoms with van der Waals surface area (Å²) < 4.78 is 6.31. The Balaban J connectivity index is 1.66. The molecule has 2 aliphatic rings. The Kier molecular flexibility index (Phi) is 4.42. The van der Waals surface area contributed by atoms with E-state index in [-0.39, 0.29) is 6.10 Å². The van der Waals surface area contributed by atoms with Crippen molar-refractivity contribution in [2.45, 2.75) is 56.8 Å². The van der Waals surface area contributed by atoms with Crippen LogP contribution in [0, 0.1) is 0 Å². The Morgan fingerprint density at radius 1 is 1.21 bits per heavy atom. The summed E-state index contributed by atoms with van der Waals surface area (Å²) in [5.74, 6) is 0. The van der Waals surface area contributed by atoms with Crippen molar-refractivity contribution in [2.75, 3.05) is 6.54 Å². The molecule has 1 N–H and O–H groups in total. The summed E-state index contributed by atoms with van der Waals surface area (Å²) in [7, 11) is 0. The van der Waals surface area contributed by atoms with Gasteiger partial charge in [0.05, 0.1) is 12.2 Å².